The van der Waals surface area contributed by atoms with E-state index in [4.69, 9.17) is 4.42 Å². The molecular formula is C22H30N2O4S. The Labute approximate surface area is 173 Å². The van der Waals surface area contributed by atoms with Crippen LogP contribution >= 0.6 is 0 Å². The maximum Gasteiger partial charge on any atom is 0.243 e. The Morgan fingerprint density at radius 3 is 2.28 bits per heavy atom. The zero-order chi connectivity index (χ0) is 21.2. The van der Waals surface area contributed by atoms with Crippen LogP contribution in [0.4, 0.5) is 0 Å². The van der Waals surface area contributed by atoms with E-state index in [0.717, 1.165) is 17.1 Å². The summed E-state index contributed by atoms with van der Waals surface area (Å²) in [6.45, 7) is 7.17. The number of nitrogens with zero attached hydrogens (tertiary/aromatic N) is 2. The summed E-state index contributed by atoms with van der Waals surface area (Å²) in [6.07, 6.45) is 1.06. The van der Waals surface area contributed by atoms with Crippen LogP contribution < -0.4 is 0 Å². The van der Waals surface area contributed by atoms with Crippen molar-refractivity contribution in [3.8, 4) is 0 Å². The Hall–Kier alpha value is -2.12. The van der Waals surface area contributed by atoms with Crippen LogP contribution in [-0.2, 0) is 21.4 Å². The van der Waals surface area contributed by atoms with E-state index in [1.54, 1.807) is 24.1 Å². The largest absolute Gasteiger partial charge is 0.464 e. The van der Waals surface area contributed by atoms with Crippen LogP contribution in [0.2, 0.25) is 0 Å². The molecule has 0 atom stereocenters. The van der Waals surface area contributed by atoms with Crippen LogP contribution in [0.25, 0.3) is 0 Å². The maximum absolute atomic E-state index is 12.9. The predicted octanol–water partition coefficient (Wildman–Crippen LogP) is 3.77. The third kappa shape index (κ3) is 4.90. The van der Waals surface area contributed by atoms with Gasteiger partial charge in [-0.25, -0.2) is 8.42 Å². The van der Waals surface area contributed by atoms with Gasteiger partial charge in [0.1, 0.15) is 11.5 Å². The number of aryl methyl sites for hydroxylation is 1. The van der Waals surface area contributed by atoms with Crippen molar-refractivity contribution < 1.29 is 17.6 Å². The molecule has 158 valence electrons. The normalized spacial score (nSPS) is 16.3. The lowest BCUT2D eigenvalue weighted by Crippen LogP contribution is -2.43. The lowest BCUT2D eigenvalue weighted by atomic mass is 9.96. The van der Waals surface area contributed by atoms with Gasteiger partial charge in [0.25, 0.3) is 0 Å². The number of benzene rings is 1. The Balaban J connectivity index is 1.59. The van der Waals surface area contributed by atoms with Crippen molar-refractivity contribution in [2.75, 3.05) is 20.1 Å². The second-order valence-corrected chi connectivity index (χ2v) is 10.0. The van der Waals surface area contributed by atoms with E-state index in [1.807, 2.05) is 31.2 Å². The van der Waals surface area contributed by atoms with Crippen LogP contribution in [0, 0.1) is 12.8 Å². The van der Waals surface area contributed by atoms with E-state index in [0.29, 0.717) is 43.3 Å². The standard InChI is InChI=1S/C22H30N2O4S/c1-16(2)18-6-9-21(10-7-18)29(26,27)24-13-11-19(12-14-24)22(25)23(4)15-20-8-5-17(3)28-20/h5-10,16,19H,11-15H2,1-4H3. The third-order valence-electron chi connectivity index (χ3n) is 5.55. The van der Waals surface area contributed by atoms with E-state index in [-0.39, 0.29) is 11.8 Å². The highest BCUT2D eigenvalue weighted by Gasteiger charge is 2.33. The number of carbonyl (C=O) groups excluding carboxylic acids is 1. The van der Waals surface area contributed by atoms with Gasteiger partial charge in [-0.1, -0.05) is 26.0 Å². The zero-order valence-electron chi connectivity index (χ0n) is 17.6. The molecule has 7 heteroatoms. The first-order valence-corrected chi connectivity index (χ1v) is 11.5. The minimum Gasteiger partial charge on any atom is -0.464 e. The first-order chi connectivity index (χ1) is 13.7. The molecule has 1 fully saturated rings. The average molecular weight is 419 g/mol. The molecule has 1 aliphatic rings. The molecule has 29 heavy (non-hydrogen) atoms. The van der Waals surface area contributed by atoms with Gasteiger partial charge in [-0.05, 0) is 55.5 Å². The smallest absolute Gasteiger partial charge is 0.243 e. The van der Waals surface area contributed by atoms with Gasteiger partial charge in [-0.2, -0.15) is 4.31 Å². The lowest BCUT2D eigenvalue weighted by molar-refractivity contribution is -0.136. The highest BCUT2D eigenvalue weighted by atomic mass is 32.2. The molecule has 2 heterocycles. The number of carbonyl (C=O) groups is 1. The second-order valence-electron chi connectivity index (χ2n) is 8.11. The monoisotopic (exact) mass is 418 g/mol. The fourth-order valence-corrected chi connectivity index (χ4v) is 5.18. The second kappa shape index (κ2) is 8.71. The van der Waals surface area contributed by atoms with Crippen LogP contribution in [-0.4, -0.2) is 43.7 Å². The van der Waals surface area contributed by atoms with E-state index < -0.39 is 10.0 Å². The van der Waals surface area contributed by atoms with Crippen LogP contribution in [0.5, 0.6) is 0 Å². The van der Waals surface area contributed by atoms with Gasteiger partial charge in [-0.3, -0.25) is 4.79 Å². The highest BCUT2D eigenvalue weighted by Crippen LogP contribution is 2.26. The number of sulfonamides is 1. The summed E-state index contributed by atoms with van der Waals surface area (Å²) in [4.78, 5) is 14.7. The molecule has 1 aromatic heterocycles. The molecule has 2 aromatic rings. The molecular weight excluding hydrogens is 388 g/mol. The van der Waals surface area contributed by atoms with Gasteiger partial charge >= 0.3 is 0 Å². The number of hydrogen-bond donors (Lipinski definition) is 0. The highest BCUT2D eigenvalue weighted by molar-refractivity contribution is 7.89. The number of rotatable bonds is 6. The summed E-state index contributed by atoms with van der Waals surface area (Å²) in [5, 5.41) is 0. The molecule has 1 aromatic carbocycles. The number of hydrogen-bond acceptors (Lipinski definition) is 4. The van der Waals surface area contributed by atoms with E-state index >= 15 is 0 Å². The van der Waals surface area contributed by atoms with Crippen molar-refractivity contribution >= 4 is 15.9 Å². The van der Waals surface area contributed by atoms with Crippen molar-refractivity contribution in [1.29, 1.82) is 0 Å². The van der Waals surface area contributed by atoms with Crippen LogP contribution in [0.1, 0.15) is 49.7 Å². The minimum atomic E-state index is -3.53. The first-order valence-electron chi connectivity index (χ1n) is 10.1. The fraction of sp³-hybridized carbons (Fsp3) is 0.500. The lowest BCUT2D eigenvalue weighted by Gasteiger charge is -2.32. The van der Waals surface area contributed by atoms with Gasteiger partial charge in [0.05, 0.1) is 11.4 Å². The number of amides is 1. The summed E-state index contributed by atoms with van der Waals surface area (Å²) in [5.41, 5.74) is 1.11. The minimum absolute atomic E-state index is 0.0392. The third-order valence-corrected chi connectivity index (χ3v) is 7.47. The molecule has 1 saturated heterocycles. The van der Waals surface area contributed by atoms with Crippen molar-refractivity contribution in [3.05, 3.63) is 53.5 Å². The topological polar surface area (TPSA) is 70.8 Å². The molecule has 0 radical (unpaired) electrons. The van der Waals surface area contributed by atoms with Crippen LogP contribution in [0.3, 0.4) is 0 Å². The van der Waals surface area contributed by atoms with Crippen molar-refractivity contribution in [1.82, 2.24) is 9.21 Å². The van der Waals surface area contributed by atoms with Gasteiger partial charge < -0.3 is 9.32 Å². The molecule has 1 aliphatic heterocycles. The maximum atomic E-state index is 12.9. The molecule has 6 nitrogen and oxygen atoms in total. The van der Waals surface area contributed by atoms with Gasteiger partial charge in [0.15, 0.2) is 0 Å². The SMILES string of the molecule is Cc1ccc(CN(C)C(=O)C2CCN(S(=O)(=O)c3ccc(C(C)C)cc3)CC2)o1. The molecule has 0 unspecified atom stereocenters. The molecule has 0 spiro atoms. The van der Waals surface area contributed by atoms with E-state index in [2.05, 4.69) is 13.8 Å². The fourth-order valence-electron chi connectivity index (χ4n) is 3.71. The summed E-state index contributed by atoms with van der Waals surface area (Å²) in [7, 11) is -1.76. The average Bonchev–Trinajstić information content (AvgIpc) is 3.12. The predicted molar refractivity (Wildman–Crippen MR) is 112 cm³/mol. The zero-order valence-corrected chi connectivity index (χ0v) is 18.4. The Morgan fingerprint density at radius 2 is 1.76 bits per heavy atom. The van der Waals surface area contributed by atoms with Crippen molar-refractivity contribution in [2.45, 2.75) is 51.0 Å². The van der Waals surface area contributed by atoms with Gasteiger partial charge in [-0.15, -0.1) is 0 Å². The Kier molecular flexibility index (Phi) is 6.49. The van der Waals surface area contributed by atoms with E-state index in [1.165, 1.54) is 4.31 Å². The molecule has 0 aliphatic carbocycles. The van der Waals surface area contributed by atoms with Crippen molar-refractivity contribution in [3.63, 3.8) is 0 Å². The molecule has 0 N–H and O–H groups in total. The van der Waals surface area contributed by atoms with Crippen LogP contribution in [0.15, 0.2) is 45.7 Å². The molecule has 0 bridgehead atoms. The first kappa shape index (κ1) is 21.6. The quantitative estimate of drug-likeness (QED) is 0.716. The Morgan fingerprint density at radius 1 is 1.14 bits per heavy atom. The Bertz CT molecular complexity index is 939. The summed E-state index contributed by atoms with van der Waals surface area (Å²) < 4.78 is 32.9. The van der Waals surface area contributed by atoms with Gasteiger partial charge in [0, 0.05) is 26.1 Å². The summed E-state index contributed by atoms with van der Waals surface area (Å²) in [6, 6.07) is 10.9. The summed E-state index contributed by atoms with van der Waals surface area (Å²) >= 11 is 0. The van der Waals surface area contributed by atoms with Crippen molar-refractivity contribution in [2.24, 2.45) is 5.92 Å². The molecule has 0 saturated carbocycles. The number of furan rings is 1. The summed E-state index contributed by atoms with van der Waals surface area (Å²) in [5.74, 6) is 1.81. The van der Waals surface area contributed by atoms with Gasteiger partial charge in [0.2, 0.25) is 15.9 Å². The number of piperidine rings is 1. The molecule has 3 rings (SSSR count). The van der Waals surface area contributed by atoms with E-state index in [9.17, 15) is 13.2 Å². The molecule has 1 amide bonds.